The predicted octanol–water partition coefficient (Wildman–Crippen LogP) is 2.39. The molecule has 0 spiro atoms. The topological polar surface area (TPSA) is 55.3 Å². The molecule has 0 atom stereocenters. The third-order valence-electron chi connectivity index (χ3n) is 3.04. The fourth-order valence-corrected chi connectivity index (χ4v) is 1.98. The second kappa shape index (κ2) is 7.28. The van der Waals surface area contributed by atoms with Crippen molar-refractivity contribution in [2.24, 2.45) is 0 Å². The summed E-state index contributed by atoms with van der Waals surface area (Å²) in [5.74, 6) is 0.683. The minimum Gasteiger partial charge on any atom is -0.275 e. The van der Waals surface area contributed by atoms with Crippen LogP contribution in [0.3, 0.4) is 0 Å². The molecule has 2 rings (SSSR count). The number of likely N-dealkylation sites (N-methyl/N-ethyl adjacent to an activating group) is 1. The standard InChI is InChI=1S/C15H16BrN3O2/c1-19(21-2)15(20)8-12-5-3-11(4-6-12)7-14-17-9-13(16)10-18-14/h3-6,9-10H,7-8H2,1-2H3. The molecule has 6 heteroatoms. The number of aromatic nitrogens is 2. The molecule has 21 heavy (non-hydrogen) atoms. The molecule has 2 aromatic rings. The van der Waals surface area contributed by atoms with E-state index < -0.39 is 0 Å². The molecule has 0 saturated heterocycles. The Balaban J connectivity index is 1.98. The van der Waals surface area contributed by atoms with E-state index in [0.717, 1.165) is 21.4 Å². The SMILES string of the molecule is CON(C)C(=O)Cc1ccc(Cc2ncc(Br)cn2)cc1. The van der Waals surface area contributed by atoms with Gasteiger partial charge in [0.2, 0.25) is 5.91 Å². The molecule has 1 heterocycles. The van der Waals surface area contributed by atoms with E-state index in [4.69, 9.17) is 4.84 Å². The second-order valence-corrected chi connectivity index (χ2v) is 5.48. The maximum Gasteiger partial charge on any atom is 0.250 e. The van der Waals surface area contributed by atoms with Crippen LogP contribution in [0.4, 0.5) is 0 Å². The number of amides is 1. The Hall–Kier alpha value is -1.79. The van der Waals surface area contributed by atoms with Gasteiger partial charge in [0.25, 0.3) is 0 Å². The van der Waals surface area contributed by atoms with Gasteiger partial charge in [0, 0.05) is 25.9 Å². The molecule has 1 aromatic heterocycles. The Morgan fingerprint density at radius 2 is 1.76 bits per heavy atom. The Labute approximate surface area is 132 Å². The van der Waals surface area contributed by atoms with Gasteiger partial charge in [-0.1, -0.05) is 24.3 Å². The van der Waals surface area contributed by atoms with Gasteiger partial charge >= 0.3 is 0 Å². The van der Waals surface area contributed by atoms with E-state index in [1.165, 1.54) is 12.2 Å². The first-order chi connectivity index (χ1) is 10.1. The Bertz CT molecular complexity index is 599. The van der Waals surface area contributed by atoms with E-state index in [1.54, 1.807) is 19.4 Å². The summed E-state index contributed by atoms with van der Waals surface area (Å²) in [6, 6.07) is 7.85. The number of hydroxylamine groups is 2. The number of hydrogen-bond acceptors (Lipinski definition) is 4. The molecule has 0 saturated carbocycles. The predicted molar refractivity (Wildman–Crippen MR) is 82.5 cm³/mol. The molecule has 0 bridgehead atoms. The van der Waals surface area contributed by atoms with Gasteiger partial charge in [0.05, 0.1) is 18.0 Å². The van der Waals surface area contributed by atoms with E-state index in [1.807, 2.05) is 24.3 Å². The zero-order valence-electron chi connectivity index (χ0n) is 11.9. The zero-order valence-corrected chi connectivity index (χ0v) is 13.5. The van der Waals surface area contributed by atoms with Crippen molar-refractivity contribution in [2.75, 3.05) is 14.2 Å². The molecule has 0 aliphatic carbocycles. The van der Waals surface area contributed by atoms with Crippen LogP contribution >= 0.6 is 15.9 Å². The van der Waals surface area contributed by atoms with Crippen molar-refractivity contribution in [3.05, 3.63) is 58.1 Å². The number of carbonyl (C=O) groups is 1. The molecule has 0 aliphatic heterocycles. The lowest BCUT2D eigenvalue weighted by Crippen LogP contribution is -2.26. The fraction of sp³-hybridized carbons (Fsp3) is 0.267. The lowest BCUT2D eigenvalue weighted by Gasteiger charge is -2.13. The Kier molecular flexibility index (Phi) is 5.41. The minimum absolute atomic E-state index is 0.0820. The van der Waals surface area contributed by atoms with Crippen molar-refractivity contribution in [1.29, 1.82) is 0 Å². The number of nitrogens with zero attached hydrogens (tertiary/aromatic N) is 3. The van der Waals surface area contributed by atoms with Crippen LogP contribution in [0.15, 0.2) is 41.1 Å². The van der Waals surface area contributed by atoms with Gasteiger partial charge in [-0.05, 0) is 27.1 Å². The first kappa shape index (κ1) is 15.6. The van der Waals surface area contributed by atoms with Crippen LogP contribution in [0.5, 0.6) is 0 Å². The van der Waals surface area contributed by atoms with Crippen molar-refractivity contribution >= 4 is 21.8 Å². The largest absolute Gasteiger partial charge is 0.275 e. The molecule has 0 unspecified atom stereocenters. The molecule has 0 radical (unpaired) electrons. The number of hydrogen-bond donors (Lipinski definition) is 0. The zero-order chi connectivity index (χ0) is 15.2. The normalized spacial score (nSPS) is 10.4. The van der Waals surface area contributed by atoms with Crippen LogP contribution in [0.1, 0.15) is 17.0 Å². The smallest absolute Gasteiger partial charge is 0.250 e. The average molecular weight is 350 g/mol. The van der Waals surface area contributed by atoms with Crippen LogP contribution in [-0.4, -0.2) is 35.1 Å². The molecular weight excluding hydrogens is 334 g/mol. The maximum absolute atomic E-state index is 11.7. The summed E-state index contributed by atoms with van der Waals surface area (Å²) in [7, 11) is 3.07. The van der Waals surface area contributed by atoms with Gasteiger partial charge in [0.15, 0.2) is 0 Å². The Morgan fingerprint density at radius 1 is 1.19 bits per heavy atom. The first-order valence-electron chi connectivity index (χ1n) is 6.43. The summed E-state index contributed by atoms with van der Waals surface area (Å²) in [6.45, 7) is 0. The molecule has 0 fully saturated rings. The van der Waals surface area contributed by atoms with Crippen LogP contribution in [-0.2, 0) is 22.5 Å². The summed E-state index contributed by atoms with van der Waals surface area (Å²) in [4.78, 5) is 25.1. The van der Waals surface area contributed by atoms with Crippen LogP contribution in [0, 0.1) is 0 Å². The summed E-state index contributed by atoms with van der Waals surface area (Å²) < 4.78 is 0.863. The molecule has 5 nitrogen and oxygen atoms in total. The van der Waals surface area contributed by atoms with Crippen LogP contribution in [0.2, 0.25) is 0 Å². The highest BCUT2D eigenvalue weighted by molar-refractivity contribution is 9.10. The Morgan fingerprint density at radius 3 is 2.33 bits per heavy atom. The van der Waals surface area contributed by atoms with Gasteiger partial charge in [-0.25, -0.2) is 15.0 Å². The highest BCUT2D eigenvalue weighted by Crippen LogP contribution is 2.11. The number of carbonyl (C=O) groups excluding carboxylic acids is 1. The van der Waals surface area contributed by atoms with E-state index in [0.29, 0.717) is 12.8 Å². The van der Waals surface area contributed by atoms with Crippen molar-refractivity contribution in [3.8, 4) is 0 Å². The quantitative estimate of drug-likeness (QED) is 0.777. The summed E-state index contributed by atoms with van der Waals surface area (Å²) in [5, 5.41) is 1.23. The van der Waals surface area contributed by atoms with E-state index in [-0.39, 0.29) is 5.91 Å². The highest BCUT2D eigenvalue weighted by Gasteiger charge is 2.09. The molecule has 0 aliphatic rings. The monoisotopic (exact) mass is 349 g/mol. The molecule has 110 valence electrons. The lowest BCUT2D eigenvalue weighted by atomic mass is 10.1. The fourth-order valence-electron chi connectivity index (χ4n) is 1.78. The number of benzene rings is 1. The summed E-state index contributed by atoms with van der Waals surface area (Å²) >= 11 is 3.31. The van der Waals surface area contributed by atoms with Crippen molar-refractivity contribution in [3.63, 3.8) is 0 Å². The van der Waals surface area contributed by atoms with E-state index in [2.05, 4.69) is 25.9 Å². The third-order valence-corrected chi connectivity index (χ3v) is 3.45. The highest BCUT2D eigenvalue weighted by atomic mass is 79.9. The molecule has 0 N–H and O–H groups in total. The van der Waals surface area contributed by atoms with Gasteiger partial charge in [0.1, 0.15) is 5.82 Å². The number of rotatable bonds is 5. The van der Waals surface area contributed by atoms with Gasteiger partial charge in [-0.15, -0.1) is 0 Å². The van der Waals surface area contributed by atoms with Gasteiger partial charge in [-0.3, -0.25) is 9.63 Å². The van der Waals surface area contributed by atoms with Gasteiger partial charge < -0.3 is 0 Å². The van der Waals surface area contributed by atoms with Crippen molar-refractivity contribution in [2.45, 2.75) is 12.8 Å². The third kappa shape index (κ3) is 4.61. The first-order valence-corrected chi connectivity index (χ1v) is 7.22. The minimum atomic E-state index is -0.0820. The molecule has 1 aromatic carbocycles. The van der Waals surface area contributed by atoms with Crippen molar-refractivity contribution in [1.82, 2.24) is 15.0 Å². The van der Waals surface area contributed by atoms with Gasteiger partial charge in [-0.2, -0.15) is 0 Å². The van der Waals surface area contributed by atoms with Crippen molar-refractivity contribution < 1.29 is 9.63 Å². The molecular formula is C15H16BrN3O2. The van der Waals surface area contributed by atoms with Crippen LogP contribution < -0.4 is 0 Å². The maximum atomic E-state index is 11.7. The summed E-state index contributed by atoms with van der Waals surface area (Å²) in [5.41, 5.74) is 2.05. The van der Waals surface area contributed by atoms with E-state index >= 15 is 0 Å². The molecule has 1 amide bonds. The number of halogens is 1. The van der Waals surface area contributed by atoms with Crippen LogP contribution in [0.25, 0.3) is 0 Å². The second-order valence-electron chi connectivity index (χ2n) is 4.56. The average Bonchev–Trinajstić information content (AvgIpc) is 2.50. The summed E-state index contributed by atoms with van der Waals surface area (Å²) in [6.07, 6.45) is 4.45. The van der Waals surface area contributed by atoms with E-state index in [9.17, 15) is 4.79 Å². The lowest BCUT2D eigenvalue weighted by molar-refractivity contribution is -0.167.